The van der Waals surface area contributed by atoms with Gasteiger partial charge in [0, 0.05) is 43.3 Å². The minimum absolute atomic E-state index is 0.149. The van der Waals surface area contributed by atoms with Crippen LogP contribution in [0.2, 0.25) is 0 Å². The molecule has 1 aromatic carbocycles. The molecule has 1 fully saturated rings. The van der Waals surface area contributed by atoms with E-state index in [0.717, 1.165) is 33.9 Å². The third-order valence-corrected chi connectivity index (χ3v) is 6.87. The lowest BCUT2D eigenvalue weighted by atomic mass is 10.3. The van der Waals surface area contributed by atoms with Crippen molar-refractivity contribution >= 4 is 44.4 Å². The maximum atomic E-state index is 14.6. The topological polar surface area (TPSA) is 55.2 Å². The first-order valence-corrected chi connectivity index (χ1v) is 12.2. The number of likely N-dealkylation sites (tertiary alicyclic amines) is 1. The van der Waals surface area contributed by atoms with Crippen LogP contribution in [-0.2, 0) is 6.54 Å². The van der Waals surface area contributed by atoms with Crippen LogP contribution in [0.4, 0.5) is 10.1 Å². The summed E-state index contributed by atoms with van der Waals surface area (Å²) in [6, 6.07) is 8.47. The van der Waals surface area contributed by atoms with Gasteiger partial charge in [-0.3, -0.25) is 4.98 Å². The third kappa shape index (κ3) is 5.05. The number of anilines is 1. The van der Waals surface area contributed by atoms with E-state index in [9.17, 15) is 4.39 Å². The number of rotatable bonds is 7. The van der Waals surface area contributed by atoms with Gasteiger partial charge in [0.25, 0.3) is 0 Å². The van der Waals surface area contributed by atoms with Crippen LogP contribution in [0.25, 0.3) is 20.8 Å². The number of hydrogen-bond acceptors (Lipinski definition) is 6. The zero-order valence-corrected chi connectivity index (χ0v) is 19.9. The minimum atomic E-state index is -0.463. The van der Waals surface area contributed by atoms with Crippen molar-refractivity contribution in [1.82, 2.24) is 19.4 Å². The summed E-state index contributed by atoms with van der Waals surface area (Å²) in [6.45, 7) is 6.11. The van der Waals surface area contributed by atoms with Crippen molar-refractivity contribution in [2.75, 3.05) is 25.0 Å². The van der Waals surface area contributed by atoms with Crippen LogP contribution in [0.15, 0.2) is 49.1 Å². The minimum Gasteiger partial charge on any atom is -0.453 e. The first-order chi connectivity index (χ1) is 16.0. The van der Waals surface area contributed by atoms with Gasteiger partial charge >= 0.3 is 0 Å². The highest BCUT2D eigenvalue weighted by Gasteiger charge is 2.15. The maximum Gasteiger partial charge on any atom is 0.167 e. The Morgan fingerprint density at radius 3 is 2.79 bits per heavy atom. The fourth-order valence-corrected chi connectivity index (χ4v) is 5.12. The summed E-state index contributed by atoms with van der Waals surface area (Å²) < 4.78 is 23.5. The summed E-state index contributed by atoms with van der Waals surface area (Å²) >= 11 is 6.56. The molecule has 0 atom stereocenters. The summed E-state index contributed by atoms with van der Waals surface area (Å²) in [5.74, 6) is 0.251. The molecule has 0 spiro atoms. The van der Waals surface area contributed by atoms with Gasteiger partial charge in [0.05, 0.1) is 32.1 Å². The molecule has 170 valence electrons. The number of benzene rings is 1. The normalized spacial score (nSPS) is 14.1. The van der Waals surface area contributed by atoms with Crippen molar-refractivity contribution in [3.8, 4) is 22.1 Å². The number of thiophene rings is 1. The van der Waals surface area contributed by atoms with Crippen molar-refractivity contribution in [3.63, 3.8) is 0 Å². The van der Waals surface area contributed by atoms with E-state index in [2.05, 4.69) is 30.9 Å². The Hall–Kier alpha value is -2.88. The first-order valence-electron chi connectivity index (χ1n) is 10.9. The standard InChI is InChI=1S/C24H24FN5OS2/c1-16(32)28-17-4-5-21(18(25)12-17)31-22-6-7-26-19-13-23(33-24(19)22)20-14-30(15-27-20)11-10-29-8-2-3-9-29/h4-7,12-15H,2-3,8-11H2,1H3,(H,28,32). The van der Waals surface area contributed by atoms with Crippen LogP contribution in [0.5, 0.6) is 11.5 Å². The largest absolute Gasteiger partial charge is 0.453 e. The molecule has 0 bridgehead atoms. The Bertz CT molecular complexity index is 1300. The SMILES string of the molecule is CC(=S)Nc1ccc(Oc2ccnc3cc(-c4cn(CCN5CCCC5)cn4)sc23)c(F)c1. The van der Waals surface area contributed by atoms with Gasteiger partial charge in [-0.15, -0.1) is 11.3 Å². The lowest BCUT2D eigenvalue weighted by Gasteiger charge is -2.14. The van der Waals surface area contributed by atoms with E-state index in [4.69, 9.17) is 17.0 Å². The average Bonchev–Trinajstić information content (AvgIpc) is 3.54. The zero-order valence-electron chi connectivity index (χ0n) is 18.3. The number of thiocarbonyl (C=S) groups is 1. The monoisotopic (exact) mass is 481 g/mol. The number of nitrogens with one attached hydrogen (secondary N) is 1. The Balaban J connectivity index is 1.35. The Morgan fingerprint density at radius 1 is 1.15 bits per heavy atom. The van der Waals surface area contributed by atoms with Crippen LogP contribution in [0.3, 0.4) is 0 Å². The molecule has 33 heavy (non-hydrogen) atoms. The number of pyridine rings is 1. The van der Waals surface area contributed by atoms with Gasteiger partial charge in [-0.25, -0.2) is 9.37 Å². The predicted octanol–water partition coefficient (Wildman–Crippen LogP) is 5.95. The average molecular weight is 482 g/mol. The highest BCUT2D eigenvalue weighted by atomic mass is 32.1. The van der Waals surface area contributed by atoms with E-state index in [0.29, 0.717) is 16.4 Å². The Morgan fingerprint density at radius 2 is 2.00 bits per heavy atom. The maximum absolute atomic E-state index is 14.6. The van der Waals surface area contributed by atoms with Crippen molar-refractivity contribution < 1.29 is 9.13 Å². The number of fused-ring (bicyclic) bond motifs is 1. The number of halogens is 1. The second-order valence-corrected chi connectivity index (χ2v) is 9.77. The number of imidazole rings is 1. The zero-order chi connectivity index (χ0) is 22.8. The van der Waals surface area contributed by atoms with Gasteiger partial charge < -0.3 is 19.5 Å². The van der Waals surface area contributed by atoms with Gasteiger partial charge in [0.1, 0.15) is 5.75 Å². The lowest BCUT2D eigenvalue weighted by molar-refractivity contribution is 0.322. The molecule has 9 heteroatoms. The molecule has 0 amide bonds. The van der Waals surface area contributed by atoms with Crippen LogP contribution in [0, 0.1) is 5.82 Å². The van der Waals surface area contributed by atoms with Crippen LogP contribution >= 0.6 is 23.6 Å². The second kappa shape index (κ2) is 9.54. The van der Waals surface area contributed by atoms with Gasteiger partial charge in [-0.1, -0.05) is 12.2 Å². The molecule has 0 saturated carbocycles. The van der Waals surface area contributed by atoms with Crippen molar-refractivity contribution in [2.45, 2.75) is 26.3 Å². The van der Waals surface area contributed by atoms with Crippen LogP contribution < -0.4 is 10.1 Å². The van der Waals surface area contributed by atoms with E-state index < -0.39 is 5.82 Å². The van der Waals surface area contributed by atoms with Crippen molar-refractivity contribution in [2.24, 2.45) is 0 Å². The summed E-state index contributed by atoms with van der Waals surface area (Å²) in [6.07, 6.45) is 8.23. The van der Waals surface area contributed by atoms with Crippen molar-refractivity contribution in [3.05, 3.63) is 54.9 Å². The lowest BCUT2D eigenvalue weighted by Crippen LogP contribution is -2.23. The van der Waals surface area contributed by atoms with E-state index in [1.807, 2.05) is 12.4 Å². The highest BCUT2D eigenvalue weighted by Crippen LogP contribution is 2.39. The number of hydrogen-bond donors (Lipinski definition) is 1. The molecular weight excluding hydrogens is 457 g/mol. The molecule has 1 aliphatic rings. The van der Waals surface area contributed by atoms with E-state index in [1.165, 1.54) is 32.0 Å². The highest BCUT2D eigenvalue weighted by molar-refractivity contribution is 7.80. The van der Waals surface area contributed by atoms with E-state index in [-0.39, 0.29) is 5.75 Å². The molecular formula is C24H24FN5OS2. The summed E-state index contributed by atoms with van der Waals surface area (Å²) in [5.41, 5.74) is 2.29. The Kier molecular flexibility index (Phi) is 6.34. The van der Waals surface area contributed by atoms with Crippen LogP contribution in [-0.4, -0.2) is 44.1 Å². The van der Waals surface area contributed by atoms with Gasteiger partial charge in [-0.05, 0) is 51.1 Å². The fourth-order valence-electron chi connectivity index (χ4n) is 3.98. The second-order valence-electron chi connectivity index (χ2n) is 8.11. The first kappa shape index (κ1) is 21.9. The molecule has 1 saturated heterocycles. The molecule has 0 aliphatic carbocycles. The number of aromatic nitrogens is 3. The molecule has 4 heterocycles. The molecule has 3 aromatic heterocycles. The van der Waals surface area contributed by atoms with Crippen molar-refractivity contribution in [1.29, 1.82) is 0 Å². The van der Waals surface area contributed by atoms with E-state index >= 15 is 0 Å². The molecule has 1 aliphatic heterocycles. The summed E-state index contributed by atoms with van der Waals surface area (Å²) in [7, 11) is 0. The van der Waals surface area contributed by atoms with Gasteiger partial charge in [0.15, 0.2) is 11.6 Å². The predicted molar refractivity (Wildman–Crippen MR) is 135 cm³/mol. The summed E-state index contributed by atoms with van der Waals surface area (Å²) in [5, 5.41) is 2.93. The molecule has 1 N–H and O–H groups in total. The van der Waals surface area contributed by atoms with E-state index in [1.54, 1.807) is 42.7 Å². The third-order valence-electron chi connectivity index (χ3n) is 5.61. The number of ether oxygens (including phenoxy) is 1. The molecule has 5 rings (SSSR count). The fraction of sp³-hybridized carbons (Fsp3) is 0.292. The quantitative estimate of drug-likeness (QED) is 0.330. The van der Waals surface area contributed by atoms with Gasteiger partial charge in [0.2, 0.25) is 0 Å². The summed E-state index contributed by atoms with van der Waals surface area (Å²) in [4.78, 5) is 13.1. The molecule has 0 unspecified atom stereocenters. The number of nitrogens with zero attached hydrogens (tertiary/aromatic N) is 4. The smallest absolute Gasteiger partial charge is 0.167 e. The molecule has 4 aromatic rings. The molecule has 0 radical (unpaired) electrons. The van der Waals surface area contributed by atoms with Crippen LogP contribution in [0.1, 0.15) is 19.8 Å². The van der Waals surface area contributed by atoms with Gasteiger partial charge in [-0.2, -0.15) is 0 Å². The Labute approximate surface area is 201 Å². The molecule has 6 nitrogen and oxygen atoms in total.